The molecule has 0 aliphatic rings. The van der Waals surface area contributed by atoms with Crippen LogP contribution in [-0.4, -0.2) is 16.9 Å². The van der Waals surface area contributed by atoms with Crippen LogP contribution in [0.4, 0.5) is 0 Å². The van der Waals surface area contributed by atoms with Gasteiger partial charge in [0, 0.05) is 0 Å². The zero-order chi connectivity index (χ0) is 7.82. The Morgan fingerprint density at radius 3 is 2.20 bits per heavy atom. The molecule has 0 N–H and O–H groups in total. The average Bonchev–Trinajstić information content (AvgIpc) is 1.87. The van der Waals surface area contributed by atoms with Gasteiger partial charge in [0.1, 0.15) is 0 Å². The molecule has 0 aliphatic heterocycles. The predicted octanol–water partition coefficient (Wildman–Crippen LogP) is 2.79. The summed E-state index contributed by atoms with van der Waals surface area (Å²) in [5.41, 5.74) is 0. The molecule has 0 rings (SSSR count). The molecule has 0 saturated heterocycles. The Kier molecular flexibility index (Phi) is 8.09. The number of hydrogen-bond acceptors (Lipinski definition) is 0. The average molecular weight is 204 g/mol. The third-order valence-corrected chi connectivity index (χ3v) is 2.46. The van der Waals surface area contributed by atoms with Gasteiger partial charge in [-0.25, -0.2) is 0 Å². The molecule has 2 unspecified atom stereocenters. The van der Waals surface area contributed by atoms with E-state index in [0.717, 1.165) is 4.71 Å². The minimum atomic E-state index is 0.967. The second-order valence-corrected chi connectivity index (χ2v) is 5.57. The normalized spacial score (nSPS) is 13.5. The predicted molar refractivity (Wildman–Crippen MR) is 51.3 cm³/mol. The molecule has 0 bridgehead atoms. The summed E-state index contributed by atoms with van der Waals surface area (Å²) in [6, 6.07) is 0. The number of hydrogen-bond donors (Lipinski definition) is 0. The summed E-state index contributed by atoms with van der Waals surface area (Å²) >= 11 is 1.89. The van der Waals surface area contributed by atoms with Crippen LogP contribution in [0.3, 0.4) is 0 Å². The van der Waals surface area contributed by atoms with Crippen LogP contribution in [0, 0.1) is 0 Å². The molecule has 0 nitrogen and oxygen atoms in total. The molecule has 0 amide bonds. The van der Waals surface area contributed by atoms with Gasteiger partial charge >= 0.3 is 73.9 Å². The van der Waals surface area contributed by atoms with Crippen molar-refractivity contribution < 1.29 is 0 Å². The van der Waals surface area contributed by atoms with Crippen LogP contribution >= 0.6 is 0 Å². The molecule has 10 heavy (non-hydrogen) atoms. The summed E-state index contributed by atoms with van der Waals surface area (Å²) in [5, 5.41) is 0. The van der Waals surface area contributed by atoms with Gasteiger partial charge in [-0.1, -0.05) is 0 Å². The van der Waals surface area contributed by atoms with Gasteiger partial charge in [0.25, 0.3) is 0 Å². The van der Waals surface area contributed by atoms with Gasteiger partial charge in [-0.2, -0.15) is 0 Å². The summed E-state index contributed by atoms with van der Waals surface area (Å²) in [5.74, 6) is 0. The zero-order valence-corrected chi connectivity index (χ0v) is 9.82. The van der Waals surface area contributed by atoms with E-state index >= 15 is 0 Å². The monoisotopic (exact) mass is 204 g/mol. The van der Waals surface area contributed by atoms with Crippen molar-refractivity contribution in [2.24, 2.45) is 0 Å². The zero-order valence-electron chi connectivity index (χ0n) is 7.40. The first kappa shape index (κ1) is 10.6. The van der Waals surface area contributed by atoms with Gasteiger partial charge in [0.05, 0.1) is 0 Å². The summed E-state index contributed by atoms with van der Waals surface area (Å²) in [6.45, 7) is 4.60. The molecule has 62 valence electrons. The van der Waals surface area contributed by atoms with E-state index in [9.17, 15) is 0 Å². The molecular weight excluding hydrogens is 183 g/mol. The van der Waals surface area contributed by atoms with Crippen molar-refractivity contribution in [2.45, 2.75) is 57.1 Å². The number of unbranched alkanes of at least 4 members (excludes halogenated alkanes) is 4. The SMILES string of the molecule is CCCCCCCC(C)[AsH2]. The van der Waals surface area contributed by atoms with Gasteiger partial charge < -0.3 is 0 Å². The van der Waals surface area contributed by atoms with Crippen molar-refractivity contribution >= 4 is 16.9 Å². The van der Waals surface area contributed by atoms with E-state index < -0.39 is 0 Å². The van der Waals surface area contributed by atoms with Crippen LogP contribution in [0.1, 0.15) is 52.4 Å². The van der Waals surface area contributed by atoms with Crippen LogP contribution in [-0.2, 0) is 0 Å². The fraction of sp³-hybridized carbons (Fsp3) is 1.00. The van der Waals surface area contributed by atoms with Crippen molar-refractivity contribution in [1.82, 2.24) is 0 Å². The number of rotatable bonds is 6. The fourth-order valence-electron chi connectivity index (χ4n) is 1.07. The van der Waals surface area contributed by atoms with Crippen LogP contribution < -0.4 is 0 Å². The third kappa shape index (κ3) is 8.56. The third-order valence-electron chi connectivity index (χ3n) is 1.76. The maximum absolute atomic E-state index is 2.33. The van der Waals surface area contributed by atoms with Crippen molar-refractivity contribution in [3.8, 4) is 0 Å². The fourth-order valence-corrected chi connectivity index (χ4v) is 1.56. The molecule has 0 aromatic heterocycles. The van der Waals surface area contributed by atoms with Crippen LogP contribution in [0.5, 0.6) is 0 Å². The summed E-state index contributed by atoms with van der Waals surface area (Å²) < 4.78 is 0.967. The Bertz CT molecular complexity index is 59.7. The Balaban J connectivity index is 2.77. The summed E-state index contributed by atoms with van der Waals surface area (Å²) in [4.78, 5) is 0. The first-order chi connectivity index (χ1) is 4.77. The summed E-state index contributed by atoms with van der Waals surface area (Å²) in [6.07, 6.45) is 8.62. The van der Waals surface area contributed by atoms with E-state index in [4.69, 9.17) is 0 Å². The molecule has 0 aromatic carbocycles. The molecule has 0 heterocycles. The minimum absolute atomic E-state index is 0.967. The van der Waals surface area contributed by atoms with Gasteiger partial charge in [-0.3, -0.25) is 0 Å². The van der Waals surface area contributed by atoms with Crippen LogP contribution in [0.15, 0.2) is 0 Å². The van der Waals surface area contributed by atoms with Gasteiger partial charge in [0.2, 0.25) is 0 Å². The van der Waals surface area contributed by atoms with E-state index in [1.807, 2.05) is 16.9 Å². The second kappa shape index (κ2) is 7.66. The maximum atomic E-state index is 2.33. The van der Waals surface area contributed by atoms with Crippen molar-refractivity contribution in [3.63, 3.8) is 0 Å². The molecule has 0 saturated carbocycles. The summed E-state index contributed by atoms with van der Waals surface area (Å²) in [7, 11) is 0. The van der Waals surface area contributed by atoms with E-state index in [1.54, 1.807) is 0 Å². The van der Waals surface area contributed by atoms with Crippen molar-refractivity contribution in [3.05, 3.63) is 0 Å². The quantitative estimate of drug-likeness (QED) is 0.461. The van der Waals surface area contributed by atoms with Gasteiger partial charge in [0.15, 0.2) is 0 Å². The van der Waals surface area contributed by atoms with E-state index in [2.05, 4.69) is 13.8 Å². The molecule has 1 heteroatoms. The van der Waals surface area contributed by atoms with E-state index in [0.29, 0.717) is 0 Å². The molecule has 0 aliphatic carbocycles. The molecule has 2 atom stereocenters. The van der Waals surface area contributed by atoms with Gasteiger partial charge in [-0.05, 0) is 0 Å². The first-order valence-electron chi connectivity index (χ1n) is 4.53. The Labute approximate surface area is 74.3 Å². The van der Waals surface area contributed by atoms with E-state index in [1.165, 1.54) is 38.5 Å². The molecule has 0 aromatic rings. The molecular formula is C9H21As. The Hall–Kier alpha value is 0.558. The topological polar surface area (TPSA) is 0 Å². The molecule has 0 radical (unpaired) electrons. The van der Waals surface area contributed by atoms with Crippen molar-refractivity contribution in [1.29, 1.82) is 0 Å². The van der Waals surface area contributed by atoms with Crippen LogP contribution in [0.2, 0.25) is 4.71 Å². The Morgan fingerprint density at radius 1 is 1.10 bits per heavy atom. The molecule has 0 spiro atoms. The Morgan fingerprint density at radius 2 is 1.70 bits per heavy atom. The van der Waals surface area contributed by atoms with E-state index in [-0.39, 0.29) is 0 Å². The van der Waals surface area contributed by atoms with Crippen LogP contribution in [0.25, 0.3) is 0 Å². The standard InChI is InChI=1S/C9H21As/c1-3-4-5-6-7-8-9(2)10/h9H,3-8,10H2,1-2H3. The second-order valence-electron chi connectivity index (χ2n) is 3.18. The van der Waals surface area contributed by atoms with Gasteiger partial charge in [-0.15, -0.1) is 0 Å². The van der Waals surface area contributed by atoms with Crippen molar-refractivity contribution in [2.75, 3.05) is 0 Å². The first-order valence-corrected chi connectivity index (χ1v) is 5.92. The molecule has 0 fully saturated rings.